The average molecular weight is 268 g/mol. The van der Waals surface area contributed by atoms with Crippen molar-refractivity contribution in [3.05, 3.63) is 0 Å². The fourth-order valence-electron chi connectivity index (χ4n) is 3.39. The van der Waals surface area contributed by atoms with Gasteiger partial charge in [-0.15, -0.1) is 0 Å². The Morgan fingerprint density at radius 2 is 1.95 bits per heavy atom. The highest BCUT2D eigenvalue weighted by Crippen LogP contribution is 2.29. The van der Waals surface area contributed by atoms with Crippen LogP contribution in [0.5, 0.6) is 0 Å². The molecule has 2 fully saturated rings. The van der Waals surface area contributed by atoms with Crippen LogP contribution in [0.4, 0.5) is 4.79 Å². The molecule has 1 heterocycles. The molecule has 2 rings (SSSR count). The second-order valence-corrected chi connectivity index (χ2v) is 6.14. The molecule has 5 heteroatoms. The summed E-state index contributed by atoms with van der Waals surface area (Å²) in [7, 11) is 0. The van der Waals surface area contributed by atoms with E-state index >= 15 is 0 Å². The van der Waals surface area contributed by atoms with Gasteiger partial charge in [0, 0.05) is 12.6 Å². The van der Waals surface area contributed by atoms with Crippen LogP contribution in [0.15, 0.2) is 0 Å². The molecular weight excluding hydrogens is 244 g/mol. The van der Waals surface area contributed by atoms with Crippen LogP contribution in [-0.2, 0) is 4.79 Å². The molecule has 19 heavy (non-hydrogen) atoms. The summed E-state index contributed by atoms with van der Waals surface area (Å²) in [5.74, 6) is 0.304. The van der Waals surface area contributed by atoms with Crippen LogP contribution >= 0.6 is 0 Å². The first-order valence-corrected chi connectivity index (χ1v) is 7.29. The van der Waals surface area contributed by atoms with E-state index in [-0.39, 0.29) is 12.1 Å². The van der Waals surface area contributed by atoms with Crippen LogP contribution < -0.4 is 5.32 Å². The van der Waals surface area contributed by atoms with Gasteiger partial charge in [0.1, 0.15) is 6.04 Å². The number of hydrogen-bond acceptors (Lipinski definition) is 2. The molecule has 4 unspecified atom stereocenters. The van der Waals surface area contributed by atoms with Gasteiger partial charge in [0.2, 0.25) is 0 Å². The van der Waals surface area contributed by atoms with E-state index in [1.54, 1.807) is 0 Å². The number of hydrogen-bond donors (Lipinski definition) is 2. The molecule has 1 aliphatic heterocycles. The van der Waals surface area contributed by atoms with Gasteiger partial charge in [-0.25, -0.2) is 9.59 Å². The molecule has 5 nitrogen and oxygen atoms in total. The Labute approximate surface area is 114 Å². The molecule has 0 aromatic heterocycles. The van der Waals surface area contributed by atoms with Gasteiger partial charge in [-0.05, 0) is 43.9 Å². The zero-order chi connectivity index (χ0) is 14.0. The normalized spacial score (nSPS) is 35.2. The molecular formula is C14H24N2O3. The predicted molar refractivity (Wildman–Crippen MR) is 71.9 cm³/mol. The van der Waals surface area contributed by atoms with Gasteiger partial charge >= 0.3 is 12.0 Å². The van der Waals surface area contributed by atoms with Crippen LogP contribution in [-0.4, -0.2) is 40.6 Å². The SMILES string of the molecule is CC1CCC(NC(=O)N2CCCC2C(=O)O)C(C)C1. The topological polar surface area (TPSA) is 69.6 Å². The van der Waals surface area contributed by atoms with Gasteiger partial charge in [0.05, 0.1) is 0 Å². The number of amides is 2. The van der Waals surface area contributed by atoms with Crippen LogP contribution in [0, 0.1) is 11.8 Å². The number of carboxylic acids is 1. The molecule has 1 aliphatic carbocycles. The first kappa shape index (κ1) is 14.2. The number of carboxylic acid groups (broad SMARTS) is 1. The fourth-order valence-corrected chi connectivity index (χ4v) is 3.39. The van der Waals surface area contributed by atoms with E-state index in [1.165, 1.54) is 4.90 Å². The number of carbonyl (C=O) groups excluding carboxylic acids is 1. The third kappa shape index (κ3) is 3.19. The van der Waals surface area contributed by atoms with Crippen LogP contribution in [0.1, 0.15) is 46.0 Å². The van der Waals surface area contributed by atoms with Crippen molar-refractivity contribution in [1.82, 2.24) is 10.2 Å². The summed E-state index contributed by atoms with van der Waals surface area (Å²) in [4.78, 5) is 24.8. The third-order valence-corrected chi connectivity index (χ3v) is 4.54. The minimum absolute atomic E-state index is 0.193. The summed E-state index contributed by atoms with van der Waals surface area (Å²) >= 11 is 0. The Balaban J connectivity index is 1.92. The zero-order valence-corrected chi connectivity index (χ0v) is 11.8. The maximum atomic E-state index is 12.2. The first-order valence-electron chi connectivity index (χ1n) is 7.29. The monoisotopic (exact) mass is 268 g/mol. The quantitative estimate of drug-likeness (QED) is 0.805. The minimum atomic E-state index is -0.891. The van der Waals surface area contributed by atoms with E-state index in [9.17, 15) is 9.59 Å². The number of likely N-dealkylation sites (tertiary alicyclic amines) is 1. The summed E-state index contributed by atoms with van der Waals surface area (Å²) < 4.78 is 0. The molecule has 1 saturated carbocycles. The number of nitrogens with one attached hydrogen (secondary N) is 1. The fraction of sp³-hybridized carbons (Fsp3) is 0.857. The van der Waals surface area contributed by atoms with Crippen LogP contribution in [0.2, 0.25) is 0 Å². The van der Waals surface area contributed by atoms with Crippen molar-refractivity contribution in [1.29, 1.82) is 0 Å². The van der Waals surface area contributed by atoms with Crippen molar-refractivity contribution in [3.63, 3.8) is 0 Å². The summed E-state index contributed by atoms with van der Waals surface area (Å²) in [5.41, 5.74) is 0. The molecule has 2 N–H and O–H groups in total. The number of carbonyl (C=O) groups is 2. The molecule has 0 bridgehead atoms. The number of aliphatic carboxylic acids is 1. The largest absolute Gasteiger partial charge is 0.480 e. The maximum absolute atomic E-state index is 12.2. The minimum Gasteiger partial charge on any atom is -0.480 e. The molecule has 1 saturated heterocycles. The lowest BCUT2D eigenvalue weighted by molar-refractivity contribution is -0.141. The van der Waals surface area contributed by atoms with Crippen molar-refractivity contribution in [2.45, 2.75) is 58.0 Å². The van der Waals surface area contributed by atoms with Crippen molar-refractivity contribution < 1.29 is 14.7 Å². The second-order valence-electron chi connectivity index (χ2n) is 6.14. The van der Waals surface area contributed by atoms with E-state index in [1.807, 2.05) is 0 Å². The first-order chi connectivity index (χ1) is 8.99. The number of nitrogens with zero attached hydrogens (tertiary/aromatic N) is 1. The third-order valence-electron chi connectivity index (χ3n) is 4.54. The molecule has 4 atom stereocenters. The van der Waals surface area contributed by atoms with Crippen LogP contribution in [0.3, 0.4) is 0 Å². The van der Waals surface area contributed by atoms with E-state index in [4.69, 9.17) is 5.11 Å². The Bertz CT molecular complexity index is 359. The van der Waals surface area contributed by atoms with Gasteiger partial charge < -0.3 is 15.3 Å². The van der Waals surface area contributed by atoms with E-state index < -0.39 is 12.0 Å². The standard InChI is InChI=1S/C14H24N2O3/c1-9-5-6-11(10(2)8-9)15-14(19)16-7-3-4-12(16)13(17)18/h9-12H,3-8H2,1-2H3,(H,15,19)(H,17,18). The molecule has 0 aromatic rings. The lowest BCUT2D eigenvalue weighted by Crippen LogP contribution is -2.51. The Morgan fingerprint density at radius 1 is 1.21 bits per heavy atom. The Hall–Kier alpha value is -1.26. The lowest BCUT2D eigenvalue weighted by atomic mass is 9.80. The van der Waals surface area contributed by atoms with Crippen molar-refractivity contribution >= 4 is 12.0 Å². The Kier molecular flexibility index (Phi) is 4.32. The zero-order valence-electron chi connectivity index (χ0n) is 11.8. The Morgan fingerprint density at radius 3 is 2.58 bits per heavy atom. The molecule has 0 spiro atoms. The molecule has 0 radical (unpaired) electrons. The molecule has 2 aliphatic rings. The van der Waals surface area contributed by atoms with Crippen molar-refractivity contribution in [3.8, 4) is 0 Å². The maximum Gasteiger partial charge on any atom is 0.326 e. The highest BCUT2D eigenvalue weighted by atomic mass is 16.4. The van der Waals surface area contributed by atoms with Gasteiger partial charge in [0.15, 0.2) is 0 Å². The van der Waals surface area contributed by atoms with Gasteiger partial charge in [-0.1, -0.05) is 13.8 Å². The second kappa shape index (κ2) is 5.80. The van der Waals surface area contributed by atoms with Gasteiger partial charge in [-0.2, -0.15) is 0 Å². The van der Waals surface area contributed by atoms with E-state index in [0.29, 0.717) is 18.9 Å². The molecule has 0 aromatic carbocycles. The molecule has 2 amide bonds. The summed E-state index contributed by atoms with van der Waals surface area (Å²) in [6.45, 7) is 4.97. The summed E-state index contributed by atoms with van der Waals surface area (Å²) in [5, 5.41) is 12.1. The van der Waals surface area contributed by atoms with Gasteiger partial charge in [0.25, 0.3) is 0 Å². The van der Waals surface area contributed by atoms with E-state index in [2.05, 4.69) is 19.2 Å². The average Bonchev–Trinajstić information content (AvgIpc) is 2.82. The summed E-state index contributed by atoms with van der Waals surface area (Å²) in [6.07, 6.45) is 4.62. The van der Waals surface area contributed by atoms with Crippen LogP contribution in [0.25, 0.3) is 0 Å². The predicted octanol–water partition coefficient (Wildman–Crippen LogP) is 2.07. The van der Waals surface area contributed by atoms with Crippen molar-refractivity contribution in [2.24, 2.45) is 11.8 Å². The molecule has 108 valence electrons. The number of urea groups is 1. The highest BCUT2D eigenvalue weighted by molar-refractivity contribution is 5.83. The van der Waals surface area contributed by atoms with Crippen molar-refractivity contribution in [2.75, 3.05) is 6.54 Å². The lowest BCUT2D eigenvalue weighted by Gasteiger charge is -2.34. The van der Waals surface area contributed by atoms with Gasteiger partial charge in [-0.3, -0.25) is 0 Å². The highest BCUT2D eigenvalue weighted by Gasteiger charge is 2.36. The smallest absolute Gasteiger partial charge is 0.326 e. The summed E-state index contributed by atoms with van der Waals surface area (Å²) in [6, 6.07) is -0.645. The van der Waals surface area contributed by atoms with E-state index in [0.717, 1.165) is 31.6 Å². The number of rotatable bonds is 2.